The van der Waals surface area contributed by atoms with E-state index in [4.69, 9.17) is 19.9 Å². The van der Waals surface area contributed by atoms with Gasteiger partial charge in [0.15, 0.2) is 6.79 Å². The number of ether oxygens (including phenoxy) is 3. The maximum atomic E-state index is 11.6. The fraction of sp³-hybridized carbons (Fsp3) is 0.417. The van der Waals surface area contributed by atoms with Gasteiger partial charge in [-0.25, -0.2) is 4.79 Å². The number of rotatable bonds is 6. The van der Waals surface area contributed by atoms with E-state index < -0.39 is 5.97 Å². The maximum Gasteiger partial charge on any atom is 0.341 e. The Morgan fingerprint density at radius 1 is 1.29 bits per heavy atom. The number of nitrogen functional groups attached to an aromatic ring is 1. The highest BCUT2D eigenvalue weighted by Crippen LogP contribution is 2.22. The average Bonchev–Trinajstić information content (AvgIpc) is 2.30. The first-order valence-corrected chi connectivity index (χ1v) is 5.46. The van der Waals surface area contributed by atoms with Crippen LogP contribution in [0.4, 0.5) is 5.69 Å². The van der Waals surface area contributed by atoms with Crippen molar-refractivity contribution in [3.05, 3.63) is 23.8 Å². The minimum Gasteiger partial charge on any atom is -0.467 e. The van der Waals surface area contributed by atoms with Gasteiger partial charge in [0, 0.05) is 18.4 Å². The fourth-order valence-electron chi connectivity index (χ4n) is 1.22. The molecule has 0 aliphatic heterocycles. The van der Waals surface area contributed by atoms with E-state index in [9.17, 15) is 4.79 Å². The van der Waals surface area contributed by atoms with Crippen molar-refractivity contribution in [1.29, 1.82) is 0 Å². The summed E-state index contributed by atoms with van der Waals surface area (Å²) < 4.78 is 15.3. The van der Waals surface area contributed by atoms with Gasteiger partial charge in [-0.15, -0.1) is 0 Å². The van der Waals surface area contributed by atoms with Crippen LogP contribution in [-0.2, 0) is 9.47 Å². The Bertz CT molecular complexity index is 379. The summed E-state index contributed by atoms with van der Waals surface area (Å²) in [6.07, 6.45) is 0. The standard InChI is InChI=1S/C12H17NO4/c1-3-15-8-17-11-7-9(13)5-6-10(11)12(14)16-4-2/h5-7H,3-4,8,13H2,1-2H3. The number of carbonyl (C=O) groups is 1. The first-order chi connectivity index (χ1) is 8.19. The van der Waals surface area contributed by atoms with E-state index in [0.29, 0.717) is 30.2 Å². The smallest absolute Gasteiger partial charge is 0.341 e. The predicted octanol–water partition coefficient (Wildman–Crippen LogP) is 1.82. The van der Waals surface area contributed by atoms with Crippen molar-refractivity contribution in [2.24, 2.45) is 0 Å². The van der Waals surface area contributed by atoms with Gasteiger partial charge < -0.3 is 19.9 Å². The molecule has 1 aromatic rings. The van der Waals surface area contributed by atoms with Crippen molar-refractivity contribution in [1.82, 2.24) is 0 Å². The van der Waals surface area contributed by atoms with Gasteiger partial charge in [0.25, 0.3) is 0 Å². The molecular weight excluding hydrogens is 222 g/mol. The first kappa shape index (κ1) is 13.3. The number of hydrogen-bond acceptors (Lipinski definition) is 5. The number of hydrogen-bond donors (Lipinski definition) is 1. The molecule has 1 rings (SSSR count). The molecule has 0 saturated carbocycles. The van der Waals surface area contributed by atoms with Crippen molar-refractivity contribution in [2.45, 2.75) is 13.8 Å². The Morgan fingerprint density at radius 2 is 2.06 bits per heavy atom. The third kappa shape index (κ3) is 3.96. The van der Waals surface area contributed by atoms with Gasteiger partial charge in [-0.1, -0.05) is 0 Å². The van der Waals surface area contributed by atoms with Gasteiger partial charge in [0.2, 0.25) is 0 Å². The van der Waals surface area contributed by atoms with Crippen LogP contribution in [0.25, 0.3) is 0 Å². The average molecular weight is 239 g/mol. The summed E-state index contributed by atoms with van der Waals surface area (Å²) in [7, 11) is 0. The highest BCUT2D eigenvalue weighted by molar-refractivity contribution is 5.93. The molecule has 0 heterocycles. The topological polar surface area (TPSA) is 70.8 Å². The van der Waals surface area contributed by atoms with Crippen LogP contribution in [0.2, 0.25) is 0 Å². The van der Waals surface area contributed by atoms with Crippen molar-refractivity contribution < 1.29 is 19.0 Å². The lowest BCUT2D eigenvalue weighted by Crippen LogP contribution is -2.10. The van der Waals surface area contributed by atoms with E-state index in [1.807, 2.05) is 6.92 Å². The Labute approximate surface area is 100 Å². The molecular formula is C12H17NO4. The molecule has 0 atom stereocenters. The number of carbonyl (C=O) groups excluding carboxylic acids is 1. The molecule has 2 N–H and O–H groups in total. The number of benzene rings is 1. The summed E-state index contributed by atoms with van der Waals surface area (Å²) in [5.74, 6) is -0.0594. The lowest BCUT2D eigenvalue weighted by Gasteiger charge is -2.11. The molecule has 17 heavy (non-hydrogen) atoms. The fourth-order valence-corrected chi connectivity index (χ4v) is 1.22. The summed E-state index contributed by atoms with van der Waals surface area (Å²) in [5, 5.41) is 0. The van der Waals surface area contributed by atoms with Crippen LogP contribution in [0.15, 0.2) is 18.2 Å². The second kappa shape index (κ2) is 6.75. The van der Waals surface area contributed by atoms with Gasteiger partial charge in [-0.2, -0.15) is 0 Å². The minimum absolute atomic E-state index is 0.0758. The molecule has 5 nitrogen and oxygen atoms in total. The molecule has 1 aromatic carbocycles. The normalized spacial score (nSPS) is 10.0. The van der Waals surface area contributed by atoms with Crippen LogP contribution in [0.5, 0.6) is 5.75 Å². The molecule has 0 amide bonds. The number of nitrogens with two attached hydrogens (primary N) is 1. The second-order valence-corrected chi connectivity index (χ2v) is 3.23. The van der Waals surface area contributed by atoms with Gasteiger partial charge >= 0.3 is 5.97 Å². The molecule has 0 radical (unpaired) electrons. The van der Waals surface area contributed by atoms with E-state index in [2.05, 4.69) is 0 Å². The number of esters is 1. The van der Waals surface area contributed by atoms with Crippen molar-refractivity contribution in [3.8, 4) is 5.75 Å². The summed E-state index contributed by atoms with van der Waals surface area (Å²) >= 11 is 0. The summed E-state index contributed by atoms with van der Waals surface area (Å²) in [6, 6.07) is 4.78. The zero-order chi connectivity index (χ0) is 12.7. The van der Waals surface area contributed by atoms with Crippen LogP contribution in [0.3, 0.4) is 0 Å². The van der Waals surface area contributed by atoms with Crippen LogP contribution in [0.1, 0.15) is 24.2 Å². The van der Waals surface area contributed by atoms with E-state index in [1.54, 1.807) is 25.1 Å². The molecule has 0 bridgehead atoms. The first-order valence-electron chi connectivity index (χ1n) is 5.46. The maximum absolute atomic E-state index is 11.6. The largest absolute Gasteiger partial charge is 0.467 e. The zero-order valence-electron chi connectivity index (χ0n) is 10.1. The quantitative estimate of drug-likeness (QED) is 0.355. The van der Waals surface area contributed by atoms with Crippen LogP contribution in [0, 0.1) is 0 Å². The second-order valence-electron chi connectivity index (χ2n) is 3.23. The molecule has 0 spiro atoms. The highest BCUT2D eigenvalue weighted by Gasteiger charge is 2.13. The zero-order valence-corrected chi connectivity index (χ0v) is 10.1. The molecule has 0 aliphatic carbocycles. The lowest BCUT2D eigenvalue weighted by molar-refractivity contribution is 0.0207. The van der Waals surface area contributed by atoms with Crippen molar-refractivity contribution in [3.63, 3.8) is 0 Å². The molecule has 0 unspecified atom stereocenters. The predicted molar refractivity (Wildman–Crippen MR) is 63.9 cm³/mol. The monoisotopic (exact) mass is 239 g/mol. The Balaban J connectivity index is 2.83. The molecule has 0 fully saturated rings. The molecule has 0 aliphatic rings. The molecule has 0 saturated heterocycles. The van der Waals surface area contributed by atoms with E-state index in [-0.39, 0.29) is 6.79 Å². The lowest BCUT2D eigenvalue weighted by atomic mass is 10.2. The minimum atomic E-state index is -0.431. The van der Waals surface area contributed by atoms with Gasteiger partial charge in [-0.05, 0) is 26.0 Å². The molecule has 5 heteroatoms. The van der Waals surface area contributed by atoms with Gasteiger partial charge in [-0.3, -0.25) is 0 Å². The Kier molecular flexibility index (Phi) is 5.29. The third-order valence-electron chi connectivity index (χ3n) is 2.00. The van der Waals surface area contributed by atoms with Crippen LogP contribution >= 0.6 is 0 Å². The van der Waals surface area contributed by atoms with Gasteiger partial charge in [0.1, 0.15) is 11.3 Å². The summed E-state index contributed by atoms with van der Waals surface area (Å²) in [5.41, 5.74) is 6.50. The summed E-state index contributed by atoms with van der Waals surface area (Å²) in [6.45, 7) is 4.53. The van der Waals surface area contributed by atoms with E-state index in [1.165, 1.54) is 0 Å². The Hall–Kier alpha value is -1.75. The third-order valence-corrected chi connectivity index (χ3v) is 2.00. The van der Waals surface area contributed by atoms with Gasteiger partial charge in [0.05, 0.1) is 6.61 Å². The van der Waals surface area contributed by atoms with E-state index >= 15 is 0 Å². The summed E-state index contributed by atoms with van der Waals surface area (Å²) in [4.78, 5) is 11.6. The van der Waals surface area contributed by atoms with E-state index in [0.717, 1.165) is 0 Å². The molecule has 0 aromatic heterocycles. The van der Waals surface area contributed by atoms with Crippen LogP contribution < -0.4 is 10.5 Å². The van der Waals surface area contributed by atoms with Crippen molar-refractivity contribution >= 4 is 11.7 Å². The van der Waals surface area contributed by atoms with Crippen molar-refractivity contribution in [2.75, 3.05) is 25.7 Å². The van der Waals surface area contributed by atoms with Crippen LogP contribution in [-0.4, -0.2) is 26.0 Å². The Morgan fingerprint density at radius 3 is 2.71 bits per heavy atom. The SMILES string of the molecule is CCOCOc1cc(N)ccc1C(=O)OCC. The molecule has 94 valence electrons. The number of anilines is 1. The highest BCUT2D eigenvalue weighted by atomic mass is 16.7.